The Morgan fingerprint density at radius 2 is 1.41 bits per heavy atom. The number of hydrogen-bond acceptors (Lipinski definition) is 2. The van der Waals surface area contributed by atoms with Crippen LogP contribution in [0.2, 0.25) is 0 Å². The molecule has 0 radical (unpaired) electrons. The lowest BCUT2D eigenvalue weighted by Gasteiger charge is -2.09. The minimum Gasteiger partial charge on any atom is -0.489 e. The van der Waals surface area contributed by atoms with E-state index in [0.717, 1.165) is 27.6 Å². The number of rotatable bonds is 5. The molecular weight excluding hydrogens is 332 g/mol. The normalized spacial score (nSPS) is 10.7. The molecule has 0 aliphatic heterocycles. The summed E-state index contributed by atoms with van der Waals surface area (Å²) in [5.41, 5.74) is 4.27. The molecule has 4 aromatic rings. The monoisotopic (exact) mass is 352 g/mol. The zero-order valence-corrected chi connectivity index (χ0v) is 15.2. The fourth-order valence-electron chi connectivity index (χ4n) is 3.12. The third-order valence-electron chi connectivity index (χ3n) is 4.68. The first-order chi connectivity index (χ1) is 13.2. The van der Waals surface area contributed by atoms with Crippen molar-refractivity contribution in [1.82, 2.24) is 0 Å². The molecule has 4 rings (SSSR count). The predicted molar refractivity (Wildman–Crippen MR) is 110 cm³/mol. The van der Waals surface area contributed by atoms with Crippen LogP contribution in [0.3, 0.4) is 0 Å². The predicted octanol–water partition coefficient (Wildman–Crippen LogP) is 6.29. The maximum Gasteiger partial charge on any atom is 0.159 e. The van der Waals surface area contributed by atoms with Crippen LogP contribution in [0.15, 0.2) is 91.0 Å². The molecule has 0 fully saturated rings. The van der Waals surface area contributed by atoms with E-state index >= 15 is 0 Å². The maximum absolute atomic E-state index is 11.5. The van der Waals surface area contributed by atoms with Crippen molar-refractivity contribution in [2.24, 2.45) is 0 Å². The second-order valence-electron chi connectivity index (χ2n) is 6.63. The van der Waals surface area contributed by atoms with E-state index in [1.807, 2.05) is 54.6 Å². The van der Waals surface area contributed by atoms with Crippen molar-refractivity contribution >= 4 is 16.6 Å². The molecule has 0 unspecified atom stereocenters. The van der Waals surface area contributed by atoms with E-state index in [-0.39, 0.29) is 5.78 Å². The second-order valence-corrected chi connectivity index (χ2v) is 6.63. The molecule has 0 amide bonds. The van der Waals surface area contributed by atoms with E-state index in [0.29, 0.717) is 6.61 Å². The van der Waals surface area contributed by atoms with Crippen LogP contribution in [0.1, 0.15) is 22.8 Å². The molecule has 0 aromatic heterocycles. The van der Waals surface area contributed by atoms with Crippen LogP contribution >= 0.6 is 0 Å². The summed E-state index contributed by atoms with van der Waals surface area (Å²) in [7, 11) is 0. The van der Waals surface area contributed by atoms with Crippen LogP contribution in [0.5, 0.6) is 5.75 Å². The number of fused-ring (bicyclic) bond motifs is 1. The molecule has 4 aromatic carbocycles. The molecule has 2 nitrogen and oxygen atoms in total. The van der Waals surface area contributed by atoms with Gasteiger partial charge in [0.05, 0.1) is 0 Å². The van der Waals surface area contributed by atoms with Gasteiger partial charge in [-0.15, -0.1) is 0 Å². The topological polar surface area (TPSA) is 26.3 Å². The number of benzene rings is 4. The fourth-order valence-corrected chi connectivity index (χ4v) is 3.12. The Balaban J connectivity index is 1.46. The first-order valence-corrected chi connectivity index (χ1v) is 9.01. The zero-order valence-electron chi connectivity index (χ0n) is 15.2. The molecule has 0 saturated heterocycles. The average molecular weight is 352 g/mol. The van der Waals surface area contributed by atoms with Gasteiger partial charge in [-0.2, -0.15) is 0 Å². The smallest absolute Gasteiger partial charge is 0.159 e. The Kier molecular flexibility index (Phi) is 4.71. The van der Waals surface area contributed by atoms with Crippen LogP contribution in [0.4, 0.5) is 0 Å². The van der Waals surface area contributed by atoms with Crippen molar-refractivity contribution < 1.29 is 9.53 Å². The van der Waals surface area contributed by atoms with Crippen molar-refractivity contribution in [3.63, 3.8) is 0 Å². The highest BCUT2D eigenvalue weighted by molar-refractivity contribution is 5.98. The lowest BCUT2D eigenvalue weighted by molar-refractivity contribution is 0.101. The molecule has 0 heterocycles. The molecule has 0 saturated carbocycles. The summed E-state index contributed by atoms with van der Waals surface area (Å²) in [5, 5.41) is 2.11. The highest BCUT2D eigenvalue weighted by atomic mass is 16.5. The Morgan fingerprint density at radius 1 is 0.741 bits per heavy atom. The largest absolute Gasteiger partial charge is 0.489 e. The first-order valence-electron chi connectivity index (χ1n) is 9.01. The summed E-state index contributed by atoms with van der Waals surface area (Å²) >= 11 is 0. The van der Waals surface area contributed by atoms with Crippen molar-refractivity contribution in [2.75, 3.05) is 0 Å². The first kappa shape index (κ1) is 17.0. The Bertz CT molecular complexity index is 1080. The molecule has 0 N–H and O–H groups in total. The summed E-state index contributed by atoms with van der Waals surface area (Å²) in [6, 6.07) is 30.5. The van der Waals surface area contributed by atoms with Gasteiger partial charge in [-0.05, 0) is 52.6 Å². The highest BCUT2D eigenvalue weighted by Gasteiger charge is 2.03. The van der Waals surface area contributed by atoms with E-state index in [4.69, 9.17) is 4.74 Å². The number of carbonyl (C=O) groups is 1. The number of ketones is 1. The van der Waals surface area contributed by atoms with Crippen molar-refractivity contribution in [2.45, 2.75) is 13.5 Å². The highest BCUT2D eigenvalue weighted by Crippen LogP contribution is 2.24. The van der Waals surface area contributed by atoms with E-state index in [9.17, 15) is 4.79 Å². The third kappa shape index (κ3) is 3.90. The van der Waals surface area contributed by atoms with E-state index in [1.165, 1.54) is 11.1 Å². The standard InChI is InChI=1S/C25H20O2/c1-18(26)22-11-12-24-16-25(14-13-23(24)15-22)27-17-19-7-9-21(10-8-19)20-5-3-2-4-6-20/h2-16H,17H2,1H3. The Morgan fingerprint density at radius 3 is 2.15 bits per heavy atom. The summed E-state index contributed by atoms with van der Waals surface area (Å²) < 4.78 is 5.96. The average Bonchev–Trinajstić information content (AvgIpc) is 2.72. The minimum atomic E-state index is 0.0798. The molecular formula is C25H20O2. The van der Waals surface area contributed by atoms with Gasteiger partial charge in [0.25, 0.3) is 0 Å². The van der Waals surface area contributed by atoms with Crippen LogP contribution < -0.4 is 4.74 Å². The molecule has 0 atom stereocenters. The van der Waals surface area contributed by atoms with Crippen LogP contribution in [-0.2, 0) is 6.61 Å². The molecule has 2 heteroatoms. The molecule has 0 spiro atoms. The number of hydrogen-bond donors (Lipinski definition) is 0. The third-order valence-corrected chi connectivity index (χ3v) is 4.68. The van der Waals surface area contributed by atoms with E-state index in [1.54, 1.807) is 6.92 Å². The van der Waals surface area contributed by atoms with Gasteiger partial charge < -0.3 is 4.74 Å². The van der Waals surface area contributed by atoms with Gasteiger partial charge in [0, 0.05) is 5.56 Å². The Hall–Kier alpha value is -3.39. The fraction of sp³-hybridized carbons (Fsp3) is 0.0800. The maximum atomic E-state index is 11.5. The van der Waals surface area contributed by atoms with E-state index in [2.05, 4.69) is 36.4 Å². The molecule has 0 aliphatic carbocycles. The molecule has 0 bridgehead atoms. The van der Waals surface area contributed by atoms with E-state index < -0.39 is 0 Å². The van der Waals surface area contributed by atoms with Crippen molar-refractivity contribution in [3.05, 3.63) is 102 Å². The summed E-state index contributed by atoms with van der Waals surface area (Å²) in [5.74, 6) is 0.904. The van der Waals surface area contributed by atoms with Crippen molar-refractivity contribution in [3.8, 4) is 16.9 Å². The van der Waals surface area contributed by atoms with Gasteiger partial charge in [-0.25, -0.2) is 0 Å². The molecule has 0 aliphatic rings. The van der Waals surface area contributed by atoms with Crippen LogP contribution in [-0.4, -0.2) is 5.78 Å². The lowest BCUT2D eigenvalue weighted by atomic mass is 10.0. The molecule has 27 heavy (non-hydrogen) atoms. The number of ether oxygens (including phenoxy) is 1. The Labute approximate surface area is 159 Å². The second kappa shape index (κ2) is 7.46. The molecule has 132 valence electrons. The lowest BCUT2D eigenvalue weighted by Crippen LogP contribution is -1.96. The minimum absolute atomic E-state index is 0.0798. The van der Waals surface area contributed by atoms with Gasteiger partial charge in [0.15, 0.2) is 5.78 Å². The van der Waals surface area contributed by atoms with Gasteiger partial charge in [-0.3, -0.25) is 4.79 Å². The van der Waals surface area contributed by atoms with Gasteiger partial charge in [-0.1, -0.05) is 72.8 Å². The van der Waals surface area contributed by atoms with Crippen LogP contribution in [0, 0.1) is 0 Å². The summed E-state index contributed by atoms with van der Waals surface area (Å²) in [4.78, 5) is 11.5. The SMILES string of the molecule is CC(=O)c1ccc2cc(OCc3ccc(-c4ccccc4)cc3)ccc2c1. The van der Waals surface area contributed by atoms with Gasteiger partial charge in [0.1, 0.15) is 12.4 Å². The number of carbonyl (C=O) groups excluding carboxylic acids is 1. The quantitative estimate of drug-likeness (QED) is 0.395. The van der Waals surface area contributed by atoms with Crippen LogP contribution in [0.25, 0.3) is 21.9 Å². The summed E-state index contributed by atoms with van der Waals surface area (Å²) in [6.07, 6.45) is 0. The van der Waals surface area contributed by atoms with Crippen molar-refractivity contribution in [1.29, 1.82) is 0 Å². The summed E-state index contributed by atoms with van der Waals surface area (Å²) in [6.45, 7) is 2.10. The van der Waals surface area contributed by atoms with Gasteiger partial charge >= 0.3 is 0 Å². The zero-order chi connectivity index (χ0) is 18.6. The van der Waals surface area contributed by atoms with Gasteiger partial charge in [0.2, 0.25) is 0 Å². The number of Topliss-reactive ketones (excluding diaryl/α,β-unsaturated/α-hetero) is 1.